The zero-order valence-electron chi connectivity index (χ0n) is 14.0. The monoisotopic (exact) mass is 463 g/mol. The molecular weight excluding hydrogens is 446 g/mol. The number of alkyl halides is 1. The number of sulfone groups is 1. The van der Waals surface area contributed by atoms with E-state index >= 15 is 0 Å². The molecule has 1 aromatic rings. The average molecular weight is 464 g/mol. The minimum absolute atomic E-state index is 0.0345. The maximum absolute atomic E-state index is 11.9. The fourth-order valence-electron chi connectivity index (χ4n) is 2.17. The van der Waals surface area contributed by atoms with Crippen molar-refractivity contribution in [2.75, 3.05) is 22.7 Å². The second-order valence-electron chi connectivity index (χ2n) is 5.54. The number of amides is 1. The molecule has 0 atom stereocenters. The summed E-state index contributed by atoms with van der Waals surface area (Å²) in [6, 6.07) is 1.64. The minimum atomic E-state index is -4.84. The molecule has 154 valence electrons. The van der Waals surface area contributed by atoms with Gasteiger partial charge in [-0.05, 0) is 31.0 Å². The van der Waals surface area contributed by atoms with E-state index in [9.17, 15) is 39.2 Å². The van der Waals surface area contributed by atoms with Gasteiger partial charge in [0.05, 0.1) is 11.5 Å². The van der Waals surface area contributed by atoms with Gasteiger partial charge in [-0.3, -0.25) is 13.9 Å². The van der Waals surface area contributed by atoms with E-state index in [1.807, 2.05) is 0 Å². The van der Waals surface area contributed by atoms with Crippen LogP contribution in [0.15, 0.2) is 21.9 Å². The summed E-state index contributed by atoms with van der Waals surface area (Å²) >= 11 is 5.35. The maximum atomic E-state index is 11.9. The van der Waals surface area contributed by atoms with Crippen LogP contribution in [0.25, 0.3) is 0 Å². The first-order valence-corrected chi connectivity index (χ1v) is 12.6. The Hall–Kier alpha value is -1.25. The molecule has 0 saturated carbocycles. The van der Waals surface area contributed by atoms with Crippen molar-refractivity contribution in [2.24, 2.45) is 0 Å². The molecule has 1 rings (SSSR count). The lowest BCUT2D eigenvalue weighted by atomic mass is 10.2. The van der Waals surface area contributed by atoms with Gasteiger partial charge >= 0.3 is 0 Å². The molecule has 1 aromatic carbocycles. The maximum Gasteiger partial charge on any atom is 0.294 e. The van der Waals surface area contributed by atoms with Gasteiger partial charge in [0.1, 0.15) is 9.79 Å². The predicted molar refractivity (Wildman–Crippen MR) is 98.0 cm³/mol. The fourth-order valence-corrected chi connectivity index (χ4v) is 5.50. The molecule has 0 aliphatic carbocycles. The summed E-state index contributed by atoms with van der Waals surface area (Å²) in [5, 5.41) is 2.20. The molecule has 0 aliphatic heterocycles. The van der Waals surface area contributed by atoms with Crippen molar-refractivity contribution >= 4 is 53.3 Å². The number of hydrogen-bond acceptors (Lipinski definition) is 7. The second-order valence-corrected chi connectivity index (χ2v) is 11.0. The van der Waals surface area contributed by atoms with E-state index in [0.29, 0.717) is 0 Å². The summed E-state index contributed by atoms with van der Waals surface area (Å²) in [7, 11) is -13.1. The first-order valence-electron chi connectivity index (χ1n) is 7.33. The van der Waals surface area contributed by atoms with Gasteiger partial charge in [-0.25, -0.2) is 8.42 Å². The Labute approximate surface area is 162 Å². The molecule has 0 aliphatic rings. The van der Waals surface area contributed by atoms with E-state index in [4.69, 9.17) is 11.6 Å². The Kier molecular flexibility index (Phi) is 7.78. The highest BCUT2D eigenvalue weighted by Gasteiger charge is 2.24. The van der Waals surface area contributed by atoms with Crippen molar-refractivity contribution in [3.63, 3.8) is 0 Å². The van der Waals surface area contributed by atoms with Crippen molar-refractivity contribution in [3.8, 4) is 0 Å². The third-order valence-electron chi connectivity index (χ3n) is 3.40. The first-order chi connectivity index (χ1) is 12.2. The van der Waals surface area contributed by atoms with Crippen LogP contribution in [0.2, 0.25) is 0 Å². The van der Waals surface area contributed by atoms with Crippen molar-refractivity contribution in [2.45, 2.75) is 29.6 Å². The van der Waals surface area contributed by atoms with Crippen LogP contribution in [0.1, 0.15) is 18.4 Å². The molecule has 0 radical (unpaired) electrons. The van der Waals surface area contributed by atoms with E-state index in [1.54, 1.807) is 0 Å². The second kappa shape index (κ2) is 8.84. The molecule has 0 bridgehead atoms. The number of hydrogen-bond donors (Lipinski definition) is 3. The number of carbonyl (C=O) groups excluding carboxylic acids is 1. The molecule has 0 spiro atoms. The summed E-state index contributed by atoms with van der Waals surface area (Å²) in [6.07, 6.45) is -0.287. The van der Waals surface area contributed by atoms with Crippen LogP contribution in [-0.4, -0.2) is 57.7 Å². The summed E-state index contributed by atoms with van der Waals surface area (Å²) in [5.41, 5.74) is -0.736. The molecular formula is C13H18ClNO9S3. The van der Waals surface area contributed by atoms with Gasteiger partial charge in [-0.1, -0.05) is 0 Å². The Bertz CT molecular complexity index is 978. The van der Waals surface area contributed by atoms with Gasteiger partial charge in [0.2, 0.25) is 5.91 Å². The normalized spacial score (nSPS) is 12.7. The number of halogens is 1. The van der Waals surface area contributed by atoms with Crippen LogP contribution >= 0.6 is 11.6 Å². The quantitative estimate of drug-likeness (QED) is 0.354. The lowest BCUT2D eigenvalue weighted by Gasteiger charge is -2.12. The average Bonchev–Trinajstić information content (AvgIpc) is 2.46. The van der Waals surface area contributed by atoms with Crippen LogP contribution in [0, 0.1) is 6.92 Å². The Balaban J connectivity index is 3.05. The lowest BCUT2D eigenvalue weighted by Crippen LogP contribution is -2.17. The van der Waals surface area contributed by atoms with Crippen LogP contribution < -0.4 is 5.32 Å². The van der Waals surface area contributed by atoms with E-state index in [0.717, 1.165) is 19.1 Å². The summed E-state index contributed by atoms with van der Waals surface area (Å²) in [5.74, 6) is -1.31. The van der Waals surface area contributed by atoms with Crippen LogP contribution in [0.5, 0.6) is 0 Å². The first kappa shape index (κ1) is 23.8. The highest BCUT2D eigenvalue weighted by molar-refractivity contribution is 7.91. The number of carbonyl (C=O) groups is 1. The largest absolute Gasteiger partial charge is 0.326 e. The van der Waals surface area contributed by atoms with Crippen LogP contribution in [0.3, 0.4) is 0 Å². The van der Waals surface area contributed by atoms with E-state index < -0.39 is 51.3 Å². The van der Waals surface area contributed by atoms with Crippen molar-refractivity contribution in [3.05, 3.63) is 17.7 Å². The standard InChI is InChI=1S/C13H18ClNO9S3/c1-9-11(26(19,20)21)7-10(8-12(9)27(22,23)24)15-13(16)3-2-5-25(17,18)6-4-14/h7-8H,2-6H2,1H3,(H,15,16)(H,19,20,21)(H,22,23,24). The molecule has 14 heteroatoms. The highest BCUT2D eigenvalue weighted by Crippen LogP contribution is 2.27. The summed E-state index contributed by atoms with van der Waals surface area (Å²) in [4.78, 5) is 10.3. The van der Waals surface area contributed by atoms with Gasteiger partial charge < -0.3 is 5.32 Å². The predicted octanol–water partition coefficient (Wildman–Crippen LogP) is 0.861. The van der Waals surface area contributed by atoms with E-state index in [1.165, 1.54) is 0 Å². The zero-order chi connectivity index (χ0) is 21.0. The molecule has 0 fully saturated rings. The summed E-state index contributed by atoms with van der Waals surface area (Å²) in [6.45, 7) is 1.06. The third kappa shape index (κ3) is 7.35. The number of rotatable bonds is 9. The van der Waals surface area contributed by atoms with Gasteiger partial charge in [0.15, 0.2) is 9.84 Å². The van der Waals surface area contributed by atoms with E-state index in [2.05, 4.69) is 5.32 Å². The smallest absolute Gasteiger partial charge is 0.294 e. The van der Waals surface area contributed by atoms with Crippen molar-refractivity contribution in [1.29, 1.82) is 0 Å². The van der Waals surface area contributed by atoms with Gasteiger partial charge in [-0.2, -0.15) is 16.8 Å². The van der Waals surface area contributed by atoms with E-state index in [-0.39, 0.29) is 35.9 Å². The van der Waals surface area contributed by atoms with Crippen LogP contribution in [-0.2, 0) is 34.9 Å². The van der Waals surface area contributed by atoms with Crippen molar-refractivity contribution in [1.82, 2.24) is 0 Å². The number of anilines is 1. The van der Waals surface area contributed by atoms with Crippen molar-refractivity contribution < 1.29 is 39.2 Å². The molecule has 0 unspecified atom stereocenters. The molecule has 0 saturated heterocycles. The van der Waals surface area contributed by atoms with Gasteiger partial charge in [0, 0.05) is 18.0 Å². The highest BCUT2D eigenvalue weighted by atomic mass is 35.5. The Morgan fingerprint density at radius 2 is 1.48 bits per heavy atom. The van der Waals surface area contributed by atoms with Gasteiger partial charge in [-0.15, -0.1) is 11.6 Å². The molecule has 0 aromatic heterocycles. The lowest BCUT2D eigenvalue weighted by molar-refractivity contribution is -0.116. The Morgan fingerprint density at radius 3 is 1.89 bits per heavy atom. The van der Waals surface area contributed by atoms with Crippen LogP contribution in [0.4, 0.5) is 5.69 Å². The number of benzene rings is 1. The Morgan fingerprint density at radius 1 is 1.00 bits per heavy atom. The molecule has 0 heterocycles. The SMILES string of the molecule is Cc1c(S(=O)(=O)O)cc(NC(=O)CCCS(=O)(=O)CCCl)cc1S(=O)(=O)O. The molecule has 10 nitrogen and oxygen atoms in total. The summed E-state index contributed by atoms with van der Waals surface area (Å²) < 4.78 is 87.1. The van der Waals surface area contributed by atoms with Gasteiger partial charge in [0.25, 0.3) is 20.2 Å². The number of nitrogens with one attached hydrogen (secondary N) is 1. The minimum Gasteiger partial charge on any atom is -0.326 e. The zero-order valence-corrected chi connectivity index (χ0v) is 17.3. The third-order valence-corrected chi connectivity index (χ3v) is 7.51. The molecule has 1 amide bonds. The molecule has 27 heavy (non-hydrogen) atoms. The topological polar surface area (TPSA) is 172 Å². The fraction of sp³-hybridized carbons (Fsp3) is 0.462. The molecule has 3 N–H and O–H groups in total.